The third kappa shape index (κ3) is 3.56. The molecule has 0 bridgehead atoms. The Morgan fingerprint density at radius 3 is 2.83 bits per heavy atom. The van der Waals surface area contributed by atoms with Gasteiger partial charge in [-0.2, -0.15) is 0 Å². The quantitative estimate of drug-likeness (QED) is 0.486. The van der Waals surface area contributed by atoms with Gasteiger partial charge in [0.2, 0.25) is 5.82 Å². The third-order valence-corrected chi connectivity index (χ3v) is 4.76. The van der Waals surface area contributed by atoms with E-state index in [0.717, 1.165) is 15.1 Å². The summed E-state index contributed by atoms with van der Waals surface area (Å²) in [6.45, 7) is 2.07. The van der Waals surface area contributed by atoms with Gasteiger partial charge in [0.1, 0.15) is 0 Å². The van der Waals surface area contributed by atoms with Crippen molar-refractivity contribution in [2.75, 3.05) is 6.61 Å². The maximum absolute atomic E-state index is 12.0. The standard InChI is InChI=1S/C16H14BrN3O2S/c1-2-22-16(21)15-19-18-14-13(17)8-12(9-20(14)15)23-10-11-6-4-3-5-7-11/h3-9H,2,10H2,1H3. The number of carbonyl (C=O) groups excluding carboxylic acids is 1. The number of carbonyl (C=O) groups is 1. The van der Waals surface area contributed by atoms with Crippen molar-refractivity contribution in [2.45, 2.75) is 17.6 Å². The maximum Gasteiger partial charge on any atom is 0.376 e. The van der Waals surface area contributed by atoms with Gasteiger partial charge in [0.25, 0.3) is 0 Å². The van der Waals surface area contributed by atoms with Gasteiger partial charge in [0.05, 0.1) is 11.1 Å². The summed E-state index contributed by atoms with van der Waals surface area (Å²) in [6, 6.07) is 12.2. The number of pyridine rings is 1. The van der Waals surface area contributed by atoms with Gasteiger partial charge in [-0.3, -0.25) is 4.40 Å². The van der Waals surface area contributed by atoms with E-state index in [2.05, 4.69) is 38.3 Å². The Labute approximate surface area is 146 Å². The van der Waals surface area contributed by atoms with E-state index in [-0.39, 0.29) is 5.82 Å². The Balaban J connectivity index is 1.89. The lowest BCUT2D eigenvalue weighted by atomic mass is 10.2. The van der Waals surface area contributed by atoms with Gasteiger partial charge in [-0.1, -0.05) is 30.3 Å². The Morgan fingerprint density at radius 2 is 2.09 bits per heavy atom. The van der Waals surface area contributed by atoms with Crippen LogP contribution in [-0.4, -0.2) is 27.2 Å². The van der Waals surface area contributed by atoms with Crippen LogP contribution in [0, 0.1) is 0 Å². The normalized spacial score (nSPS) is 10.9. The van der Waals surface area contributed by atoms with Gasteiger partial charge in [-0.15, -0.1) is 22.0 Å². The molecule has 3 rings (SSSR count). The molecule has 2 aromatic heterocycles. The Morgan fingerprint density at radius 1 is 1.30 bits per heavy atom. The number of aromatic nitrogens is 3. The number of hydrogen-bond donors (Lipinski definition) is 0. The highest BCUT2D eigenvalue weighted by Crippen LogP contribution is 2.28. The lowest BCUT2D eigenvalue weighted by molar-refractivity contribution is 0.0510. The summed E-state index contributed by atoms with van der Waals surface area (Å²) in [4.78, 5) is 13.0. The summed E-state index contributed by atoms with van der Waals surface area (Å²) in [6.07, 6.45) is 1.86. The first-order valence-electron chi connectivity index (χ1n) is 7.07. The van der Waals surface area contributed by atoms with Crippen molar-refractivity contribution < 1.29 is 9.53 Å². The van der Waals surface area contributed by atoms with Gasteiger partial charge in [0.15, 0.2) is 5.65 Å². The first-order chi connectivity index (χ1) is 11.2. The maximum atomic E-state index is 12.0. The number of nitrogens with zero attached hydrogens (tertiary/aromatic N) is 3. The highest BCUT2D eigenvalue weighted by atomic mass is 79.9. The van der Waals surface area contributed by atoms with E-state index in [1.165, 1.54) is 5.56 Å². The molecule has 0 aliphatic carbocycles. The summed E-state index contributed by atoms with van der Waals surface area (Å²) in [7, 11) is 0. The summed E-state index contributed by atoms with van der Waals surface area (Å²) in [5.41, 5.74) is 1.83. The summed E-state index contributed by atoms with van der Waals surface area (Å²) < 4.78 is 7.47. The van der Waals surface area contributed by atoms with Gasteiger partial charge in [-0.05, 0) is 34.5 Å². The molecule has 0 amide bonds. The minimum Gasteiger partial charge on any atom is -0.460 e. The van der Waals surface area contributed by atoms with Crippen molar-refractivity contribution in [1.29, 1.82) is 0 Å². The van der Waals surface area contributed by atoms with E-state index < -0.39 is 5.97 Å². The van der Waals surface area contributed by atoms with Crippen molar-refractivity contribution in [1.82, 2.24) is 14.6 Å². The van der Waals surface area contributed by atoms with Gasteiger partial charge in [-0.25, -0.2) is 4.79 Å². The Kier molecular flexibility index (Phi) is 4.97. The number of benzene rings is 1. The van der Waals surface area contributed by atoms with Crippen LogP contribution in [0.15, 0.2) is 52.0 Å². The minimum atomic E-state index is -0.475. The zero-order chi connectivity index (χ0) is 16.2. The van der Waals surface area contributed by atoms with E-state index in [9.17, 15) is 4.79 Å². The fourth-order valence-electron chi connectivity index (χ4n) is 2.09. The number of halogens is 1. The van der Waals surface area contributed by atoms with Gasteiger partial charge >= 0.3 is 5.97 Å². The van der Waals surface area contributed by atoms with Crippen LogP contribution in [0.4, 0.5) is 0 Å². The molecule has 118 valence electrons. The molecule has 0 atom stereocenters. The second kappa shape index (κ2) is 7.14. The third-order valence-electron chi connectivity index (χ3n) is 3.14. The molecule has 0 saturated carbocycles. The Bertz CT molecular complexity index is 836. The molecule has 23 heavy (non-hydrogen) atoms. The van der Waals surface area contributed by atoms with Gasteiger partial charge in [0, 0.05) is 16.8 Å². The molecule has 0 unspecified atom stereocenters. The molecule has 0 fully saturated rings. The molecule has 2 heterocycles. The second-order valence-electron chi connectivity index (χ2n) is 4.74. The lowest BCUT2D eigenvalue weighted by Gasteiger charge is -2.06. The largest absolute Gasteiger partial charge is 0.460 e. The predicted molar refractivity (Wildman–Crippen MR) is 92.6 cm³/mol. The van der Waals surface area contributed by atoms with Crippen molar-refractivity contribution in [3.05, 3.63) is 58.5 Å². The molecule has 1 aromatic carbocycles. The lowest BCUT2D eigenvalue weighted by Crippen LogP contribution is -2.09. The molecular weight excluding hydrogens is 378 g/mol. The molecule has 0 aliphatic heterocycles. The summed E-state index contributed by atoms with van der Waals surface area (Å²) >= 11 is 5.17. The molecule has 7 heteroatoms. The molecule has 5 nitrogen and oxygen atoms in total. The average Bonchev–Trinajstić information content (AvgIpc) is 2.99. The molecule has 0 radical (unpaired) electrons. The van der Waals surface area contributed by atoms with Crippen LogP contribution in [0.1, 0.15) is 23.1 Å². The summed E-state index contributed by atoms with van der Waals surface area (Å²) in [5, 5.41) is 7.97. The van der Waals surface area contributed by atoms with Crippen molar-refractivity contribution in [3.63, 3.8) is 0 Å². The van der Waals surface area contributed by atoms with Crippen LogP contribution in [-0.2, 0) is 10.5 Å². The summed E-state index contributed by atoms with van der Waals surface area (Å²) in [5.74, 6) is 0.553. The number of fused-ring (bicyclic) bond motifs is 1. The first-order valence-corrected chi connectivity index (χ1v) is 8.85. The number of esters is 1. The molecule has 0 spiro atoms. The smallest absolute Gasteiger partial charge is 0.376 e. The average molecular weight is 392 g/mol. The minimum absolute atomic E-state index is 0.185. The number of ether oxygens (including phenoxy) is 1. The molecule has 0 saturated heterocycles. The topological polar surface area (TPSA) is 56.5 Å². The van der Waals surface area contributed by atoms with E-state index in [1.807, 2.05) is 30.5 Å². The highest BCUT2D eigenvalue weighted by molar-refractivity contribution is 9.10. The monoisotopic (exact) mass is 391 g/mol. The SMILES string of the molecule is CCOC(=O)c1nnc2c(Br)cc(SCc3ccccc3)cn12. The Hall–Kier alpha value is -1.86. The molecule has 3 aromatic rings. The van der Waals surface area contributed by atoms with Crippen molar-refractivity contribution in [2.24, 2.45) is 0 Å². The van der Waals surface area contributed by atoms with Crippen molar-refractivity contribution in [3.8, 4) is 0 Å². The van der Waals surface area contributed by atoms with Gasteiger partial charge < -0.3 is 4.74 Å². The zero-order valence-corrected chi connectivity index (χ0v) is 14.8. The van der Waals surface area contributed by atoms with E-state index in [1.54, 1.807) is 23.1 Å². The number of thioether (sulfide) groups is 1. The van der Waals surface area contributed by atoms with Crippen LogP contribution < -0.4 is 0 Å². The van der Waals surface area contributed by atoms with E-state index in [4.69, 9.17) is 4.74 Å². The van der Waals surface area contributed by atoms with E-state index >= 15 is 0 Å². The van der Waals surface area contributed by atoms with Crippen molar-refractivity contribution >= 4 is 39.3 Å². The fraction of sp³-hybridized carbons (Fsp3) is 0.188. The first kappa shape index (κ1) is 16.0. The van der Waals surface area contributed by atoms with Crippen LogP contribution in [0.5, 0.6) is 0 Å². The van der Waals surface area contributed by atoms with Crippen LogP contribution in [0.2, 0.25) is 0 Å². The fourth-order valence-corrected chi connectivity index (χ4v) is 3.66. The predicted octanol–water partition coefficient (Wildman–Crippen LogP) is 3.96. The molecule has 0 N–H and O–H groups in total. The second-order valence-corrected chi connectivity index (χ2v) is 6.64. The highest BCUT2D eigenvalue weighted by Gasteiger charge is 2.17. The van der Waals surface area contributed by atoms with Crippen LogP contribution in [0.25, 0.3) is 5.65 Å². The van der Waals surface area contributed by atoms with E-state index in [0.29, 0.717) is 12.3 Å². The molecule has 0 aliphatic rings. The number of hydrogen-bond acceptors (Lipinski definition) is 5. The van der Waals surface area contributed by atoms with Crippen LogP contribution in [0.3, 0.4) is 0 Å². The zero-order valence-electron chi connectivity index (χ0n) is 12.4. The number of rotatable bonds is 5. The van der Waals surface area contributed by atoms with Crippen LogP contribution >= 0.6 is 27.7 Å². The molecular formula is C16H14BrN3O2S.